The van der Waals surface area contributed by atoms with Gasteiger partial charge in [0.15, 0.2) is 5.79 Å². The predicted octanol–water partition coefficient (Wildman–Crippen LogP) is 0.615. The third-order valence-corrected chi connectivity index (χ3v) is 3.34. The summed E-state index contributed by atoms with van der Waals surface area (Å²) in [5.74, 6) is -1.40. The van der Waals surface area contributed by atoms with Crippen LogP contribution in [0.1, 0.15) is 32.6 Å². The zero-order valence-electron chi connectivity index (χ0n) is 7.12. The van der Waals surface area contributed by atoms with E-state index in [1.807, 2.05) is 0 Å². The van der Waals surface area contributed by atoms with Crippen LogP contribution in [0.5, 0.6) is 0 Å². The molecule has 1 aliphatic carbocycles. The summed E-state index contributed by atoms with van der Waals surface area (Å²) in [6.07, 6.45) is 2.20. The van der Waals surface area contributed by atoms with Gasteiger partial charge in [0, 0.05) is 12.8 Å². The fraction of sp³-hybridized carbons (Fsp3) is 1.00. The number of rotatable bonds is 4. The first-order valence-electron chi connectivity index (χ1n) is 4.13. The minimum absolute atomic E-state index is 0.0185. The lowest BCUT2D eigenvalue weighted by atomic mass is 9.92. The van der Waals surface area contributed by atoms with E-state index in [4.69, 9.17) is 0 Å². The molecule has 0 aromatic heterocycles. The molecule has 0 bridgehead atoms. The molecule has 12 heavy (non-hydrogen) atoms. The minimum atomic E-state index is -3.50. The summed E-state index contributed by atoms with van der Waals surface area (Å²) < 4.78 is 26.7. The summed E-state index contributed by atoms with van der Waals surface area (Å²) >= 11 is 0. The lowest BCUT2D eigenvalue weighted by molar-refractivity contribution is -0.186. The molecule has 0 atom stereocenters. The van der Waals surface area contributed by atoms with Crippen molar-refractivity contribution in [2.24, 2.45) is 0 Å². The molecule has 0 unspecified atom stereocenters. The van der Waals surface area contributed by atoms with Crippen LogP contribution in [-0.4, -0.2) is 25.1 Å². The Labute approximate surface area is 72.7 Å². The first-order chi connectivity index (χ1) is 5.47. The van der Waals surface area contributed by atoms with E-state index < -0.39 is 15.9 Å². The SMILES string of the molecule is CCCS(=O)(=O)OC1(O)CCC1. The zero-order chi connectivity index (χ0) is 9.24. The Morgan fingerprint density at radius 1 is 1.50 bits per heavy atom. The summed E-state index contributed by atoms with van der Waals surface area (Å²) in [6.45, 7) is 1.76. The van der Waals surface area contributed by atoms with E-state index in [0.29, 0.717) is 19.3 Å². The normalized spacial score (nSPS) is 21.8. The molecule has 0 heterocycles. The third kappa shape index (κ3) is 2.43. The number of aliphatic hydroxyl groups is 1. The molecule has 1 rings (SSSR count). The maximum atomic E-state index is 11.1. The molecule has 4 nitrogen and oxygen atoms in total. The van der Waals surface area contributed by atoms with Gasteiger partial charge in [-0.3, -0.25) is 0 Å². The van der Waals surface area contributed by atoms with Crippen molar-refractivity contribution in [3.05, 3.63) is 0 Å². The molecule has 0 aliphatic heterocycles. The highest BCUT2D eigenvalue weighted by Gasteiger charge is 2.39. The standard InChI is InChI=1S/C7H14O4S/c1-2-6-12(9,10)11-7(8)4-3-5-7/h8H,2-6H2,1H3. The average Bonchev–Trinajstić information content (AvgIpc) is 1.83. The number of hydrogen-bond acceptors (Lipinski definition) is 4. The monoisotopic (exact) mass is 194 g/mol. The number of hydrogen-bond donors (Lipinski definition) is 1. The van der Waals surface area contributed by atoms with Crippen LogP contribution in [0, 0.1) is 0 Å². The van der Waals surface area contributed by atoms with E-state index in [-0.39, 0.29) is 5.75 Å². The van der Waals surface area contributed by atoms with Crippen molar-refractivity contribution in [1.29, 1.82) is 0 Å². The quantitative estimate of drug-likeness (QED) is 0.526. The summed E-state index contributed by atoms with van der Waals surface area (Å²) in [6, 6.07) is 0. The Bertz CT molecular complexity index is 240. The largest absolute Gasteiger partial charge is 0.364 e. The summed E-state index contributed by atoms with van der Waals surface area (Å²) in [5, 5.41) is 9.37. The topological polar surface area (TPSA) is 63.6 Å². The predicted molar refractivity (Wildman–Crippen MR) is 44.0 cm³/mol. The van der Waals surface area contributed by atoms with Gasteiger partial charge in [0.2, 0.25) is 0 Å². The second-order valence-corrected chi connectivity index (χ2v) is 4.84. The van der Waals surface area contributed by atoms with E-state index >= 15 is 0 Å². The zero-order valence-corrected chi connectivity index (χ0v) is 7.93. The summed E-state index contributed by atoms with van der Waals surface area (Å²) in [7, 11) is -3.50. The van der Waals surface area contributed by atoms with Gasteiger partial charge >= 0.3 is 0 Å². The van der Waals surface area contributed by atoms with Crippen molar-refractivity contribution in [2.75, 3.05) is 5.75 Å². The fourth-order valence-electron chi connectivity index (χ4n) is 1.09. The maximum Gasteiger partial charge on any atom is 0.269 e. The van der Waals surface area contributed by atoms with E-state index in [1.165, 1.54) is 0 Å². The van der Waals surface area contributed by atoms with Crippen molar-refractivity contribution in [1.82, 2.24) is 0 Å². The summed E-state index contributed by atoms with van der Waals surface area (Å²) in [4.78, 5) is 0. The molecule has 5 heteroatoms. The Balaban J connectivity index is 2.49. The van der Waals surface area contributed by atoms with Crippen molar-refractivity contribution >= 4 is 10.1 Å². The lowest BCUT2D eigenvalue weighted by Gasteiger charge is -2.34. The van der Waals surface area contributed by atoms with Crippen LogP contribution in [0.4, 0.5) is 0 Å². The van der Waals surface area contributed by atoms with Gasteiger partial charge < -0.3 is 5.11 Å². The van der Waals surface area contributed by atoms with Gasteiger partial charge in [0.1, 0.15) is 0 Å². The van der Waals surface area contributed by atoms with E-state index in [1.54, 1.807) is 6.92 Å². The van der Waals surface area contributed by atoms with Crippen LogP contribution >= 0.6 is 0 Å². The molecular weight excluding hydrogens is 180 g/mol. The van der Waals surface area contributed by atoms with Crippen LogP contribution in [0.3, 0.4) is 0 Å². The highest BCUT2D eigenvalue weighted by atomic mass is 32.2. The van der Waals surface area contributed by atoms with E-state index in [0.717, 1.165) is 6.42 Å². The van der Waals surface area contributed by atoms with E-state index in [9.17, 15) is 13.5 Å². The van der Waals surface area contributed by atoms with E-state index in [2.05, 4.69) is 4.18 Å². The van der Waals surface area contributed by atoms with Gasteiger partial charge in [-0.1, -0.05) is 6.92 Å². The minimum Gasteiger partial charge on any atom is -0.364 e. The van der Waals surface area contributed by atoms with Gasteiger partial charge in [0.25, 0.3) is 10.1 Å². The fourth-order valence-corrected chi connectivity index (χ4v) is 2.31. The van der Waals surface area contributed by atoms with Gasteiger partial charge in [-0.25, -0.2) is 4.18 Å². The van der Waals surface area contributed by atoms with Crippen LogP contribution in [0.25, 0.3) is 0 Å². The van der Waals surface area contributed by atoms with Crippen LogP contribution in [0.2, 0.25) is 0 Å². The van der Waals surface area contributed by atoms with Crippen molar-refractivity contribution < 1.29 is 17.7 Å². The molecule has 0 aromatic carbocycles. The molecule has 0 spiro atoms. The van der Waals surface area contributed by atoms with Crippen molar-refractivity contribution in [2.45, 2.75) is 38.4 Å². The first kappa shape index (κ1) is 9.95. The van der Waals surface area contributed by atoms with Gasteiger partial charge in [-0.05, 0) is 12.8 Å². The molecule has 1 aliphatic rings. The maximum absolute atomic E-state index is 11.1. The lowest BCUT2D eigenvalue weighted by Crippen LogP contribution is -2.42. The molecular formula is C7H14O4S. The van der Waals surface area contributed by atoms with Gasteiger partial charge in [-0.2, -0.15) is 8.42 Å². The average molecular weight is 194 g/mol. The van der Waals surface area contributed by atoms with Crippen molar-refractivity contribution in [3.8, 4) is 0 Å². The van der Waals surface area contributed by atoms with Crippen LogP contribution in [0.15, 0.2) is 0 Å². The molecule has 0 aromatic rings. The molecule has 1 saturated carbocycles. The van der Waals surface area contributed by atoms with Gasteiger partial charge in [-0.15, -0.1) is 0 Å². The highest BCUT2D eigenvalue weighted by Crippen LogP contribution is 2.34. The molecule has 0 saturated heterocycles. The molecule has 1 fully saturated rings. The van der Waals surface area contributed by atoms with Gasteiger partial charge in [0.05, 0.1) is 5.75 Å². The van der Waals surface area contributed by atoms with Crippen LogP contribution in [-0.2, 0) is 14.3 Å². The van der Waals surface area contributed by atoms with Crippen molar-refractivity contribution in [3.63, 3.8) is 0 Å². The molecule has 0 radical (unpaired) electrons. The molecule has 1 N–H and O–H groups in total. The Morgan fingerprint density at radius 2 is 2.08 bits per heavy atom. The first-order valence-corrected chi connectivity index (χ1v) is 5.71. The highest BCUT2D eigenvalue weighted by molar-refractivity contribution is 7.86. The second kappa shape index (κ2) is 3.32. The Kier molecular flexibility index (Phi) is 2.75. The second-order valence-electron chi connectivity index (χ2n) is 3.14. The smallest absolute Gasteiger partial charge is 0.269 e. The molecule has 0 amide bonds. The Hall–Kier alpha value is -0.130. The Morgan fingerprint density at radius 3 is 2.42 bits per heavy atom. The van der Waals surface area contributed by atoms with Crippen LogP contribution < -0.4 is 0 Å². The summed E-state index contributed by atoms with van der Waals surface area (Å²) in [5.41, 5.74) is 0. The third-order valence-electron chi connectivity index (χ3n) is 1.87. The molecule has 72 valence electrons.